The zero-order valence-electron chi connectivity index (χ0n) is 18.4. The minimum absolute atomic E-state index is 0.0860. The molecule has 0 unspecified atom stereocenters. The van der Waals surface area contributed by atoms with Crippen LogP contribution in [-0.2, 0) is 9.53 Å². The van der Waals surface area contributed by atoms with Crippen molar-refractivity contribution in [3.05, 3.63) is 29.3 Å². The lowest BCUT2D eigenvalue weighted by Gasteiger charge is -2.35. The van der Waals surface area contributed by atoms with Gasteiger partial charge in [-0.15, -0.1) is 0 Å². The third-order valence-corrected chi connectivity index (χ3v) is 6.11. The van der Waals surface area contributed by atoms with Gasteiger partial charge in [0.15, 0.2) is 5.60 Å². The van der Waals surface area contributed by atoms with Crippen molar-refractivity contribution in [2.24, 2.45) is 11.8 Å². The molecule has 166 valence electrons. The Morgan fingerprint density at radius 1 is 1.20 bits per heavy atom. The van der Waals surface area contributed by atoms with Gasteiger partial charge in [0, 0.05) is 37.0 Å². The molecule has 2 amide bonds. The van der Waals surface area contributed by atoms with Gasteiger partial charge in [0.2, 0.25) is 0 Å². The molecule has 0 bridgehead atoms. The van der Waals surface area contributed by atoms with Crippen LogP contribution in [0, 0.1) is 11.8 Å². The molecule has 0 radical (unpaired) electrons. The van der Waals surface area contributed by atoms with Crippen LogP contribution in [0.5, 0.6) is 5.75 Å². The maximum Gasteiger partial charge on any atom is 0.407 e. The Bertz CT molecular complexity index is 753. The Hall–Kier alpha value is -1.95. The Morgan fingerprint density at radius 3 is 2.37 bits per heavy atom. The molecule has 3 rings (SSSR count). The minimum atomic E-state index is -0.746. The number of alkyl carbamates (subject to hydrolysis) is 1. The fourth-order valence-corrected chi connectivity index (χ4v) is 4.20. The Kier molecular flexibility index (Phi) is 6.85. The highest BCUT2D eigenvalue weighted by Crippen LogP contribution is 2.50. The highest BCUT2D eigenvalue weighted by Gasteiger charge is 2.63. The van der Waals surface area contributed by atoms with Crippen LogP contribution in [0.15, 0.2) is 24.3 Å². The highest BCUT2D eigenvalue weighted by atomic mass is 35.5. The van der Waals surface area contributed by atoms with Crippen molar-refractivity contribution in [1.82, 2.24) is 10.2 Å². The van der Waals surface area contributed by atoms with Gasteiger partial charge in [0.05, 0.1) is 0 Å². The standard InChI is InChI=1S/C23H33ClN2O4/c1-5-17-14-23(17,29-19-8-6-18(24)7-9-19)20(27)26-12-10-16(11-13-26)15-25-21(28)30-22(2,3)4/h6-9,16-17H,5,10-15H2,1-4H3,(H,25,28)/t17-,23+/m1/s1. The Labute approximate surface area is 184 Å². The number of ether oxygens (including phenoxy) is 2. The number of halogens is 1. The third kappa shape index (κ3) is 5.60. The maximum absolute atomic E-state index is 13.3. The van der Waals surface area contributed by atoms with Gasteiger partial charge in [-0.2, -0.15) is 0 Å². The second-order valence-electron chi connectivity index (χ2n) is 9.37. The van der Waals surface area contributed by atoms with E-state index in [1.54, 1.807) is 12.1 Å². The largest absolute Gasteiger partial charge is 0.477 e. The molecule has 1 heterocycles. The average Bonchev–Trinajstić information content (AvgIpc) is 3.41. The third-order valence-electron chi connectivity index (χ3n) is 5.85. The second-order valence-corrected chi connectivity index (χ2v) is 9.81. The van der Waals surface area contributed by atoms with Gasteiger partial charge < -0.3 is 19.7 Å². The molecule has 1 aromatic carbocycles. The van der Waals surface area contributed by atoms with Crippen LogP contribution < -0.4 is 10.1 Å². The molecule has 0 spiro atoms. The number of benzene rings is 1. The van der Waals surface area contributed by atoms with Crippen LogP contribution in [0.25, 0.3) is 0 Å². The summed E-state index contributed by atoms with van der Waals surface area (Å²) >= 11 is 5.96. The van der Waals surface area contributed by atoms with Gasteiger partial charge in [0.1, 0.15) is 11.4 Å². The summed E-state index contributed by atoms with van der Waals surface area (Å²) in [6.07, 6.45) is 2.99. The number of amides is 2. The number of nitrogens with one attached hydrogen (secondary N) is 1. The zero-order valence-corrected chi connectivity index (χ0v) is 19.1. The lowest BCUT2D eigenvalue weighted by molar-refractivity contribution is -0.143. The summed E-state index contributed by atoms with van der Waals surface area (Å²) in [6, 6.07) is 7.19. The molecule has 7 heteroatoms. The van der Waals surface area contributed by atoms with Crippen LogP contribution in [0.1, 0.15) is 53.4 Å². The molecule has 1 aromatic rings. The van der Waals surface area contributed by atoms with Crippen molar-refractivity contribution in [2.75, 3.05) is 19.6 Å². The van der Waals surface area contributed by atoms with Gasteiger partial charge in [-0.25, -0.2) is 4.79 Å². The molecular weight excluding hydrogens is 404 g/mol. The van der Waals surface area contributed by atoms with E-state index in [9.17, 15) is 9.59 Å². The molecule has 1 aliphatic heterocycles. The number of carbonyl (C=O) groups is 2. The molecular formula is C23H33ClN2O4. The molecule has 0 aromatic heterocycles. The number of nitrogens with zero attached hydrogens (tertiary/aromatic N) is 1. The first-order chi connectivity index (χ1) is 14.1. The average molecular weight is 437 g/mol. The van der Waals surface area contributed by atoms with Crippen LogP contribution in [-0.4, -0.2) is 47.7 Å². The van der Waals surface area contributed by atoms with Crippen LogP contribution in [0.4, 0.5) is 4.79 Å². The molecule has 2 aliphatic rings. The van der Waals surface area contributed by atoms with E-state index in [1.807, 2.05) is 37.8 Å². The number of likely N-dealkylation sites (tertiary alicyclic amines) is 1. The first-order valence-corrected chi connectivity index (χ1v) is 11.2. The van der Waals surface area contributed by atoms with E-state index in [0.717, 1.165) is 25.7 Å². The number of rotatable bonds is 6. The van der Waals surface area contributed by atoms with Crippen LogP contribution in [0.2, 0.25) is 5.02 Å². The van der Waals surface area contributed by atoms with Gasteiger partial charge in [0.25, 0.3) is 5.91 Å². The first kappa shape index (κ1) is 22.7. The smallest absolute Gasteiger partial charge is 0.407 e. The molecule has 1 N–H and O–H groups in total. The Morgan fingerprint density at radius 2 is 1.83 bits per heavy atom. The number of piperidine rings is 1. The number of carbonyl (C=O) groups excluding carboxylic acids is 2. The molecule has 1 aliphatic carbocycles. The second kappa shape index (κ2) is 9.04. The lowest BCUT2D eigenvalue weighted by atomic mass is 9.96. The van der Waals surface area contributed by atoms with Crippen LogP contribution >= 0.6 is 11.6 Å². The first-order valence-electron chi connectivity index (χ1n) is 10.8. The van der Waals surface area contributed by atoms with Gasteiger partial charge >= 0.3 is 6.09 Å². The van der Waals surface area contributed by atoms with Crippen LogP contribution in [0.3, 0.4) is 0 Å². The van der Waals surface area contributed by atoms with Crippen molar-refractivity contribution in [1.29, 1.82) is 0 Å². The minimum Gasteiger partial charge on any atom is -0.477 e. The molecule has 1 saturated heterocycles. The molecule has 6 nitrogen and oxygen atoms in total. The summed E-state index contributed by atoms with van der Waals surface area (Å²) in [4.78, 5) is 27.1. The van der Waals surface area contributed by atoms with E-state index < -0.39 is 11.2 Å². The quantitative estimate of drug-likeness (QED) is 0.704. The van der Waals surface area contributed by atoms with Gasteiger partial charge in [-0.05, 0) is 70.2 Å². The SMILES string of the molecule is CC[C@@H]1C[C@@]1(Oc1ccc(Cl)cc1)C(=O)N1CCC(CNC(=O)OC(C)(C)C)CC1. The maximum atomic E-state index is 13.3. The fourth-order valence-electron chi connectivity index (χ4n) is 4.07. The van der Waals surface area contributed by atoms with E-state index in [4.69, 9.17) is 21.1 Å². The predicted molar refractivity (Wildman–Crippen MR) is 117 cm³/mol. The topological polar surface area (TPSA) is 67.9 Å². The summed E-state index contributed by atoms with van der Waals surface area (Å²) in [6.45, 7) is 9.57. The zero-order chi connectivity index (χ0) is 21.9. The van der Waals surface area contributed by atoms with Crippen molar-refractivity contribution in [2.45, 2.75) is 64.6 Å². The highest BCUT2D eigenvalue weighted by molar-refractivity contribution is 6.30. The molecule has 30 heavy (non-hydrogen) atoms. The summed E-state index contributed by atoms with van der Waals surface area (Å²) in [5, 5.41) is 3.49. The Balaban J connectivity index is 1.52. The van der Waals surface area contributed by atoms with E-state index >= 15 is 0 Å². The normalized spacial score (nSPS) is 24.3. The summed E-state index contributed by atoms with van der Waals surface area (Å²) in [7, 11) is 0. The molecule has 2 atom stereocenters. The van der Waals surface area contributed by atoms with E-state index in [2.05, 4.69) is 12.2 Å². The van der Waals surface area contributed by atoms with Crippen molar-refractivity contribution >= 4 is 23.6 Å². The summed E-state index contributed by atoms with van der Waals surface area (Å²) < 4.78 is 11.5. The number of hydrogen-bond acceptors (Lipinski definition) is 4. The van der Waals surface area contributed by atoms with Crippen molar-refractivity contribution in [3.8, 4) is 5.75 Å². The monoisotopic (exact) mass is 436 g/mol. The fraction of sp³-hybridized carbons (Fsp3) is 0.652. The summed E-state index contributed by atoms with van der Waals surface area (Å²) in [5.41, 5.74) is -1.25. The van der Waals surface area contributed by atoms with Gasteiger partial charge in [-0.3, -0.25) is 4.79 Å². The van der Waals surface area contributed by atoms with E-state index in [1.165, 1.54) is 0 Å². The lowest BCUT2D eigenvalue weighted by Crippen LogP contribution is -2.49. The van der Waals surface area contributed by atoms with E-state index in [0.29, 0.717) is 36.3 Å². The molecule has 2 fully saturated rings. The van der Waals surface area contributed by atoms with E-state index in [-0.39, 0.29) is 17.9 Å². The van der Waals surface area contributed by atoms with Crippen molar-refractivity contribution in [3.63, 3.8) is 0 Å². The van der Waals surface area contributed by atoms with Gasteiger partial charge in [-0.1, -0.05) is 18.5 Å². The summed E-state index contributed by atoms with van der Waals surface area (Å²) in [5.74, 6) is 1.35. The predicted octanol–water partition coefficient (Wildman–Crippen LogP) is 4.65. The van der Waals surface area contributed by atoms with Crippen molar-refractivity contribution < 1.29 is 19.1 Å². The number of hydrogen-bond donors (Lipinski definition) is 1. The molecule has 1 saturated carbocycles.